The van der Waals surface area contributed by atoms with Crippen LogP contribution in [0.5, 0.6) is 0 Å². The van der Waals surface area contributed by atoms with Gasteiger partial charge in [0.15, 0.2) is 0 Å². The van der Waals surface area contributed by atoms with Crippen LogP contribution in [0, 0.1) is 0 Å². The Kier molecular flexibility index (Phi) is 3.55. The molecule has 1 aromatic rings. The van der Waals surface area contributed by atoms with Gasteiger partial charge in [-0.25, -0.2) is 9.97 Å². The van der Waals surface area contributed by atoms with Gasteiger partial charge in [0, 0.05) is 18.9 Å². The van der Waals surface area contributed by atoms with Crippen molar-refractivity contribution in [1.82, 2.24) is 15.3 Å². The van der Waals surface area contributed by atoms with Crippen molar-refractivity contribution in [2.45, 2.75) is 31.4 Å². The van der Waals surface area contributed by atoms with E-state index in [-0.39, 0.29) is 0 Å². The molecule has 1 aliphatic rings. The molecule has 0 aromatic carbocycles. The first-order chi connectivity index (χ1) is 10.4. The number of ether oxygens (including phenoxy) is 1. The average molecular weight is 314 g/mol. The Morgan fingerprint density at radius 3 is 2.62 bits per heavy atom. The highest BCUT2D eigenvalue weighted by atomic mass is 19.4. The lowest BCUT2D eigenvalue weighted by Crippen LogP contribution is -2.57. The summed E-state index contributed by atoms with van der Waals surface area (Å²) in [5.74, 6) is -0.408. The third kappa shape index (κ3) is 4.21. The maximum absolute atomic E-state index is 13.0. The Balaban J connectivity index is 2.09. The van der Waals surface area contributed by atoms with Crippen LogP contribution in [-0.2, 0) is 10.9 Å². The van der Waals surface area contributed by atoms with Crippen LogP contribution in [-0.4, -0.2) is 41.3 Å². The van der Waals surface area contributed by atoms with Gasteiger partial charge in [-0.15, -0.1) is 0 Å². The van der Waals surface area contributed by atoms with Gasteiger partial charge in [-0.2, -0.15) is 22.0 Å². The third-order valence-electron chi connectivity index (χ3n) is 2.67. The molecule has 1 saturated heterocycles. The number of halogens is 5. The van der Waals surface area contributed by atoms with E-state index in [0.29, 0.717) is 12.4 Å². The largest absolute Gasteiger partial charge is 0.419 e. The normalized spacial score (nSPS) is 27.7. The van der Waals surface area contributed by atoms with E-state index in [9.17, 15) is 22.0 Å². The van der Waals surface area contributed by atoms with E-state index >= 15 is 0 Å². The van der Waals surface area contributed by atoms with E-state index in [2.05, 4.69) is 25.3 Å². The molecule has 0 aliphatic carbocycles. The number of rotatable bonds is 3. The summed E-state index contributed by atoms with van der Waals surface area (Å²) in [7, 11) is 0. The molecule has 5 nitrogen and oxygen atoms in total. The number of aromatic nitrogens is 2. The van der Waals surface area contributed by atoms with Gasteiger partial charge in [0.05, 0.1) is 27.0 Å². The molecule has 0 spiro atoms. The van der Waals surface area contributed by atoms with Gasteiger partial charge in [-0.3, -0.25) is 0 Å². The standard InChI is InChI=1S/C11H13F5N4O/c1-6-8(20-5-10(12,13)21-6)4-19-9-17-2-7(3-18-9)11(14,15)16/h2-3,6,8,20H,4-5H2,1H3,(H,17,18,19)/t6-,8+/m0/s1/i4D2. The average Bonchev–Trinajstić information content (AvgIpc) is 2.35. The van der Waals surface area contributed by atoms with Gasteiger partial charge in [-0.05, 0) is 6.92 Å². The summed E-state index contributed by atoms with van der Waals surface area (Å²) in [5, 5.41) is 4.49. The summed E-state index contributed by atoms with van der Waals surface area (Å²) >= 11 is 0. The number of alkyl halides is 5. The number of hydrogen-bond acceptors (Lipinski definition) is 5. The predicted octanol–water partition coefficient (Wildman–Crippen LogP) is 1.88. The number of nitrogens with zero attached hydrogens (tertiary/aromatic N) is 2. The van der Waals surface area contributed by atoms with Crippen molar-refractivity contribution in [3.63, 3.8) is 0 Å². The predicted molar refractivity (Wildman–Crippen MR) is 62.8 cm³/mol. The van der Waals surface area contributed by atoms with Crippen LogP contribution in [0.4, 0.5) is 27.9 Å². The highest BCUT2D eigenvalue weighted by Gasteiger charge is 2.40. The Morgan fingerprint density at radius 1 is 1.48 bits per heavy atom. The third-order valence-corrected chi connectivity index (χ3v) is 2.67. The fraction of sp³-hybridized carbons (Fsp3) is 0.636. The molecule has 2 atom stereocenters. The number of anilines is 1. The molecule has 2 N–H and O–H groups in total. The molecule has 0 amide bonds. The summed E-state index contributed by atoms with van der Waals surface area (Å²) in [6.45, 7) is -1.98. The molecule has 0 unspecified atom stereocenters. The molecular weight excluding hydrogens is 299 g/mol. The zero-order valence-corrected chi connectivity index (χ0v) is 10.7. The van der Waals surface area contributed by atoms with Gasteiger partial charge < -0.3 is 15.4 Å². The highest BCUT2D eigenvalue weighted by Crippen LogP contribution is 2.28. The van der Waals surface area contributed by atoms with Gasteiger partial charge in [-0.1, -0.05) is 0 Å². The van der Waals surface area contributed by atoms with E-state index < -0.39 is 49.0 Å². The van der Waals surface area contributed by atoms with Crippen LogP contribution in [0.2, 0.25) is 0 Å². The molecule has 21 heavy (non-hydrogen) atoms. The second-order valence-corrected chi connectivity index (χ2v) is 4.38. The van der Waals surface area contributed by atoms with Crippen LogP contribution in [0.15, 0.2) is 12.4 Å². The topological polar surface area (TPSA) is 59.1 Å². The molecule has 1 aromatic heterocycles. The van der Waals surface area contributed by atoms with Crippen molar-refractivity contribution in [3.8, 4) is 0 Å². The number of nitrogens with one attached hydrogen (secondary N) is 2. The van der Waals surface area contributed by atoms with Crippen molar-refractivity contribution in [3.05, 3.63) is 18.0 Å². The lowest BCUT2D eigenvalue weighted by molar-refractivity contribution is -0.278. The van der Waals surface area contributed by atoms with E-state index in [0.717, 1.165) is 0 Å². The Hall–Kier alpha value is -1.55. The molecule has 118 valence electrons. The Labute approximate surface area is 119 Å². The molecule has 0 radical (unpaired) electrons. The van der Waals surface area contributed by atoms with Crippen molar-refractivity contribution in [1.29, 1.82) is 0 Å². The first kappa shape index (κ1) is 13.1. The summed E-state index contributed by atoms with van der Waals surface area (Å²) < 4.78 is 83.4. The van der Waals surface area contributed by atoms with Crippen LogP contribution >= 0.6 is 0 Å². The number of hydrogen-bond donors (Lipinski definition) is 2. The number of morpholine rings is 1. The first-order valence-electron chi connectivity index (χ1n) is 6.87. The lowest BCUT2D eigenvalue weighted by Gasteiger charge is -2.35. The molecule has 0 saturated carbocycles. The van der Waals surface area contributed by atoms with Crippen LogP contribution < -0.4 is 10.6 Å². The Morgan fingerprint density at radius 2 is 2.10 bits per heavy atom. The van der Waals surface area contributed by atoms with Gasteiger partial charge in [0.2, 0.25) is 5.95 Å². The lowest BCUT2D eigenvalue weighted by atomic mass is 10.1. The highest BCUT2D eigenvalue weighted by molar-refractivity contribution is 5.26. The van der Waals surface area contributed by atoms with Crippen molar-refractivity contribution in [2.75, 3.05) is 18.4 Å². The van der Waals surface area contributed by atoms with E-state index in [1.54, 1.807) is 0 Å². The maximum atomic E-state index is 13.0. The molecule has 1 aliphatic heterocycles. The maximum Gasteiger partial charge on any atom is 0.419 e. The molecule has 10 heteroatoms. The quantitative estimate of drug-likeness (QED) is 0.834. The minimum absolute atomic E-state index is 0.408. The van der Waals surface area contributed by atoms with E-state index in [4.69, 9.17) is 2.74 Å². The van der Waals surface area contributed by atoms with Gasteiger partial charge in [0.1, 0.15) is 0 Å². The summed E-state index contributed by atoms with van der Waals surface area (Å²) in [5.41, 5.74) is -1.09. The van der Waals surface area contributed by atoms with Crippen molar-refractivity contribution < 1.29 is 29.4 Å². The fourth-order valence-electron chi connectivity index (χ4n) is 1.63. The minimum atomic E-state index is -4.61. The minimum Gasteiger partial charge on any atom is -0.353 e. The zero-order valence-electron chi connectivity index (χ0n) is 12.7. The molecular formula is C11H13F5N4O. The van der Waals surface area contributed by atoms with Crippen LogP contribution in [0.25, 0.3) is 0 Å². The summed E-state index contributed by atoms with van der Waals surface area (Å²) in [6, 6.07) is -1.19. The zero-order chi connectivity index (χ0) is 17.5. The second-order valence-electron chi connectivity index (χ2n) is 4.38. The summed E-state index contributed by atoms with van der Waals surface area (Å²) in [4.78, 5) is 6.76. The van der Waals surface area contributed by atoms with Gasteiger partial charge >= 0.3 is 12.3 Å². The van der Waals surface area contributed by atoms with E-state index in [1.165, 1.54) is 6.92 Å². The molecule has 2 heterocycles. The van der Waals surface area contributed by atoms with Crippen molar-refractivity contribution >= 4 is 5.95 Å². The summed E-state index contributed by atoms with van der Waals surface area (Å²) in [6.07, 6.45) is -8.25. The molecule has 0 bridgehead atoms. The first-order valence-corrected chi connectivity index (χ1v) is 5.87. The molecule has 2 rings (SSSR count). The van der Waals surface area contributed by atoms with Crippen molar-refractivity contribution in [2.24, 2.45) is 0 Å². The monoisotopic (exact) mass is 314 g/mol. The van der Waals surface area contributed by atoms with E-state index in [1.807, 2.05) is 0 Å². The van der Waals surface area contributed by atoms with Gasteiger partial charge in [0.25, 0.3) is 0 Å². The Bertz CT molecular complexity index is 554. The second kappa shape index (κ2) is 5.68. The molecule has 1 fully saturated rings. The van der Waals surface area contributed by atoms with Crippen LogP contribution in [0.3, 0.4) is 0 Å². The SMILES string of the molecule is [2H]C([2H])(Nc1ncc(C(F)(F)F)cn1)[C@H]1NCC(F)(F)O[C@H]1C. The fourth-order valence-corrected chi connectivity index (χ4v) is 1.63. The smallest absolute Gasteiger partial charge is 0.353 e. The van der Waals surface area contributed by atoms with Crippen LogP contribution in [0.1, 0.15) is 15.2 Å².